The van der Waals surface area contributed by atoms with Crippen LogP contribution in [0.5, 0.6) is 0 Å². The summed E-state index contributed by atoms with van der Waals surface area (Å²) in [5.41, 5.74) is 7.18. The molecule has 0 aromatic heterocycles. The van der Waals surface area contributed by atoms with E-state index in [1.807, 2.05) is 6.07 Å². The summed E-state index contributed by atoms with van der Waals surface area (Å²) in [5, 5.41) is 8.68. The number of halogens is 2. The van der Waals surface area contributed by atoms with E-state index in [1.165, 1.54) is 12.1 Å². The Morgan fingerprint density at radius 2 is 1.64 bits per heavy atom. The molecule has 0 unspecified atom stereocenters. The molecule has 0 aliphatic heterocycles. The summed E-state index contributed by atoms with van der Waals surface area (Å²) in [4.78, 5) is 26.6. The van der Waals surface area contributed by atoms with Gasteiger partial charge >= 0.3 is 0 Å². The van der Waals surface area contributed by atoms with Crippen LogP contribution in [0, 0.1) is 5.82 Å². The fourth-order valence-corrected chi connectivity index (χ4v) is 2.28. The summed E-state index contributed by atoms with van der Waals surface area (Å²) in [6, 6.07) is 13.3. The van der Waals surface area contributed by atoms with Crippen LogP contribution in [-0.4, -0.2) is 31.4 Å². The summed E-state index contributed by atoms with van der Waals surface area (Å²) >= 11 is 0. The SMILES string of the molecule is CN=C(NCc1ccc(C(=O)NCC(N)=O)cc1)NCc1cccc(F)c1.I. The van der Waals surface area contributed by atoms with Crippen LogP contribution in [-0.2, 0) is 17.9 Å². The van der Waals surface area contributed by atoms with Crippen LogP contribution in [0.3, 0.4) is 0 Å². The van der Waals surface area contributed by atoms with Gasteiger partial charge in [0.05, 0.1) is 6.54 Å². The number of primary amides is 1. The monoisotopic (exact) mass is 499 g/mol. The van der Waals surface area contributed by atoms with Gasteiger partial charge in [0.1, 0.15) is 5.82 Å². The van der Waals surface area contributed by atoms with Gasteiger partial charge in [-0.15, -0.1) is 24.0 Å². The van der Waals surface area contributed by atoms with Crippen LogP contribution < -0.4 is 21.7 Å². The molecule has 0 spiro atoms. The predicted octanol–water partition coefficient (Wildman–Crippen LogP) is 1.52. The lowest BCUT2D eigenvalue weighted by molar-refractivity contribution is -0.117. The van der Waals surface area contributed by atoms with Crippen molar-refractivity contribution in [1.82, 2.24) is 16.0 Å². The first-order valence-electron chi connectivity index (χ1n) is 8.32. The van der Waals surface area contributed by atoms with Crippen molar-refractivity contribution in [3.8, 4) is 0 Å². The Morgan fingerprint density at radius 3 is 2.21 bits per heavy atom. The number of carbonyl (C=O) groups excluding carboxylic acids is 2. The smallest absolute Gasteiger partial charge is 0.251 e. The van der Waals surface area contributed by atoms with Crippen molar-refractivity contribution < 1.29 is 14.0 Å². The number of hydrogen-bond donors (Lipinski definition) is 4. The Kier molecular flexibility index (Phi) is 9.93. The van der Waals surface area contributed by atoms with E-state index in [4.69, 9.17) is 5.73 Å². The Labute approximate surface area is 180 Å². The number of carbonyl (C=O) groups is 2. The highest BCUT2D eigenvalue weighted by Gasteiger charge is 2.06. The van der Waals surface area contributed by atoms with Gasteiger partial charge in [-0.05, 0) is 35.4 Å². The zero-order valence-electron chi connectivity index (χ0n) is 15.4. The molecule has 9 heteroatoms. The van der Waals surface area contributed by atoms with E-state index < -0.39 is 5.91 Å². The van der Waals surface area contributed by atoms with Crippen LogP contribution in [0.25, 0.3) is 0 Å². The van der Waals surface area contributed by atoms with Gasteiger partial charge in [-0.3, -0.25) is 14.6 Å². The molecule has 0 saturated heterocycles. The molecule has 28 heavy (non-hydrogen) atoms. The van der Waals surface area contributed by atoms with E-state index in [9.17, 15) is 14.0 Å². The molecule has 2 rings (SSSR count). The third kappa shape index (κ3) is 7.91. The lowest BCUT2D eigenvalue weighted by Gasteiger charge is -2.12. The fourth-order valence-electron chi connectivity index (χ4n) is 2.28. The van der Waals surface area contributed by atoms with Gasteiger partial charge in [0.15, 0.2) is 5.96 Å². The van der Waals surface area contributed by atoms with Crippen LogP contribution in [0.15, 0.2) is 53.5 Å². The van der Waals surface area contributed by atoms with Gasteiger partial charge in [0.2, 0.25) is 5.91 Å². The first kappa shape index (κ1) is 23.3. The molecule has 2 aromatic carbocycles. The summed E-state index contributed by atoms with van der Waals surface area (Å²) in [6.45, 7) is 0.734. The normalized spacial score (nSPS) is 10.6. The lowest BCUT2D eigenvalue weighted by atomic mass is 10.1. The summed E-state index contributed by atoms with van der Waals surface area (Å²) in [6.07, 6.45) is 0. The van der Waals surface area contributed by atoms with Crippen molar-refractivity contribution in [3.05, 3.63) is 71.0 Å². The van der Waals surface area contributed by atoms with Gasteiger partial charge in [-0.2, -0.15) is 0 Å². The minimum absolute atomic E-state index is 0. The predicted molar refractivity (Wildman–Crippen MR) is 117 cm³/mol. The molecule has 0 saturated carbocycles. The van der Waals surface area contributed by atoms with Gasteiger partial charge in [0.25, 0.3) is 5.91 Å². The number of rotatable bonds is 7. The number of nitrogens with zero attached hydrogens (tertiary/aromatic N) is 1. The van der Waals surface area contributed by atoms with Crippen LogP contribution in [0.1, 0.15) is 21.5 Å². The first-order chi connectivity index (χ1) is 13.0. The number of amides is 2. The van der Waals surface area contributed by atoms with Crippen molar-refractivity contribution in [1.29, 1.82) is 0 Å². The molecule has 5 N–H and O–H groups in total. The van der Waals surface area contributed by atoms with Crippen molar-refractivity contribution in [3.63, 3.8) is 0 Å². The summed E-state index contributed by atoms with van der Waals surface area (Å²) in [5.74, 6) is -0.665. The summed E-state index contributed by atoms with van der Waals surface area (Å²) < 4.78 is 13.2. The van der Waals surface area contributed by atoms with Gasteiger partial charge in [0, 0.05) is 25.7 Å². The van der Waals surface area contributed by atoms with Crippen LogP contribution in [0.2, 0.25) is 0 Å². The van der Waals surface area contributed by atoms with Crippen molar-refractivity contribution in [2.24, 2.45) is 10.7 Å². The highest BCUT2D eigenvalue weighted by Crippen LogP contribution is 2.05. The van der Waals surface area contributed by atoms with E-state index >= 15 is 0 Å². The second-order valence-electron chi connectivity index (χ2n) is 5.76. The molecule has 150 valence electrons. The van der Waals surface area contributed by atoms with E-state index in [2.05, 4.69) is 20.9 Å². The Morgan fingerprint density at radius 1 is 1.00 bits per heavy atom. The van der Waals surface area contributed by atoms with Crippen LogP contribution >= 0.6 is 24.0 Å². The maximum atomic E-state index is 13.2. The van der Waals surface area contributed by atoms with Crippen LogP contribution in [0.4, 0.5) is 4.39 Å². The largest absolute Gasteiger partial charge is 0.368 e. The van der Waals surface area contributed by atoms with Gasteiger partial charge < -0.3 is 21.7 Å². The van der Waals surface area contributed by atoms with E-state index in [1.54, 1.807) is 37.4 Å². The molecule has 7 nitrogen and oxygen atoms in total. The lowest BCUT2D eigenvalue weighted by Crippen LogP contribution is -2.36. The molecule has 0 aliphatic carbocycles. The fraction of sp³-hybridized carbons (Fsp3) is 0.211. The number of benzene rings is 2. The third-order valence-electron chi connectivity index (χ3n) is 3.67. The number of guanidine groups is 1. The molecular formula is C19H23FIN5O2. The average molecular weight is 499 g/mol. The van der Waals surface area contributed by atoms with E-state index in [0.717, 1.165) is 11.1 Å². The maximum Gasteiger partial charge on any atom is 0.251 e. The van der Waals surface area contributed by atoms with Crippen molar-refractivity contribution in [2.45, 2.75) is 13.1 Å². The zero-order chi connectivity index (χ0) is 19.6. The highest BCUT2D eigenvalue weighted by atomic mass is 127. The second-order valence-corrected chi connectivity index (χ2v) is 5.76. The first-order valence-corrected chi connectivity index (χ1v) is 8.32. The molecule has 2 aromatic rings. The molecular weight excluding hydrogens is 476 g/mol. The van der Waals surface area contributed by atoms with E-state index in [-0.39, 0.29) is 42.2 Å². The molecule has 0 atom stereocenters. The number of aliphatic imine (C=N–C) groups is 1. The number of hydrogen-bond acceptors (Lipinski definition) is 3. The minimum atomic E-state index is -0.596. The molecule has 0 aliphatic rings. The molecule has 0 bridgehead atoms. The van der Waals surface area contributed by atoms with E-state index in [0.29, 0.717) is 24.6 Å². The number of nitrogens with two attached hydrogens (primary N) is 1. The second kappa shape index (κ2) is 11.9. The summed E-state index contributed by atoms with van der Waals surface area (Å²) in [7, 11) is 1.65. The average Bonchev–Trinajstić information content (AvgIpc) is 2.66. The Hall–Kier alpha value is -2.69. The third-order valence-corrected chi connectivity index (χ3v) is 3.67. The molecule has 0 fully saturated rings. The molecule has 0 radical (unpaired) electrons. The Balaban J connectivity index is 0.00000392. The van der Waals surface area contributed by atoms with Crippen molar-refractivity contribution in [2.75, 3.05) is 13.6 Å². The standard InChI is InChI=1S/C19H22FN5O2.HI/c1-22-19(25-11-14-3-2-4-16(20)9-14)24-10-13-5-7-15(8-6-13)18(27)23-12-17(21)26;/h2-9H,10-12H2,1H3,(H2,21,26)(H,23,27)(H2,22,24,25);1H. The molecule has 2 amide bonds. The highest BCUT2D eigenvalue weighted by molar-refractivity contribution is 14.0. The topological polar surface area (TPSA) is 109 Å². The molecule has 0 heterocycles. The number of nitrogens with one attached hydrogen (secondary N) is 3. The Bertz CT molecular complexity index is 827. The quantitative estimate of drug-likeness (QED) is 0.263. The van der Waals surface area contributed by atoms with Crippen molar-refractivity contribution >= 4 is 41.8 Å². The maximum absolute atomic E-state index is 13.2. The van der Waals surface area contributed by atoms with Gasteiger partial charge in [-0.25, -0.2) is 4.39 Å². The minimum Gasteiger partial charge on any atom is -0.368 e. The zero-order valence-corrected chi connectivity index (χ0v) is 17.7. The van der Waals surface area contributed by atoms with Gasteiger partial charge in [-0.1, -0.05) is 24.3 Å².